The van der Waals surface area contributed by atoms with Crippen LogP contribution in [0.4, 0.5) is 5.95 Å². The summed E-state index contributed by atoms with van der Waals surface area (Å²) in [6.45, 7) is 9.30. The van der Waals surface area contributed by atoms with Crippen molar-refractivity contribution in [3.05, 3.63) is 52.8 Å². The number of nitrogens with one attached hydrogen (secondary N) is 1. The van der Waals surface area contributed by atoms with E-state index in [2.05, 4.69) is 51.4 Å². The van der Waals surface area contributed by atoms with Gasteiger partial charge in [-0.25, -0.2) is 9.97 Å². The molecule has 1 aliphatic rings. The molecule has 0 fully saturated rings. The summed E-state index contributed by atoms with van der Waals surface area (Å²) < 4.78 is 0. The molecule has 0 amide bonds. The summed E-state index contributed by atoms with van der Waals surface area (Å²) in [5, 5.41) is 3.38. The predicted octanol–water partition coefficient (Wildman–Crippen LogP) is 2.95. The van der Waals surface area contributed by atoms with Gasteiger partial charge < -0.3 is 5.32 Å². The Hall–Kier alpha value is -1.94. The highest BCUT2D eigenvalue weighted by Gasteiger charge is 2.20. The number of hydrogen-bond donors (Lipinski definition) is 1. The summed E-state index contributed by atoms with van der Waals surface area (Å²) in [6, 6.07) is 11.2. The van der Waals surface area contributed by atoms with E-state index in [1.807, 2.05) is 19.9 Å². The standard InChI is InChI=1S/C18H24N4/c1-13-10-14(2)21-18(20-13)19-11-15(3)22-9-8-16-6-4-5-7-17(16)12-22/h4-7,10,15H,8-9,11-12H2,1-3H3,(H,19,20,21). The summed E-state index contributed by atoms with van der Waals surface area (Å²) in [5.41, 5.74) is 4.98. The summed E-state index contributed by atoms with van der Waals surface area (Å²) in [7, 11) is 0. The van der Waals surface area contributed by atoms with E-state index in [1.165, 1.54) is 11.1 Å². The lowest BCUT2D eigenvalue weighted by Gasteiger charge is -2.33. The number of benzene rings is 1. The molecule has 1 aromatic carbocycles. The Balaban J connectivity index is 1.60. The van der Waals surface area contributed by atoms with Crippen LogP contribution in [0, 0.1) is 13.8 Å². The molecule has 1 aromatic heterocycles. The third kappa shape index (κ3) is 3.45. The van der Waals surface area contributed by atoms with Crippen molar-refractivity contribution in [2.24, 2.45) is 0 Å². The fourth-order valence-corrected chi connectivity index (χ4v) is 3.07. The first-order chi connectivity index (χ1) is 10.6. The van der Waals surface area contributed by atoms with Gasteiger partial charge in [0.05, 0.1) is 0 Å². The van der Waals surface area contributed by atoms with E-state index in [1.54, 1.807) is 0 Å². The number of hydrogen-bond acceptors (Lipinski definition) is 4. The highest BCUT2D eigenvalue weighted by molar-refractivity contribution is 5.30. The third-order valence-electron chi connectivity index (χ3n) is 4.32. The minimum atomic E-state index is 0.456. The zero-order chi connectivity index (χ0) is 15.5. The monoisotopic (exact) mass is 296 g/mol. The minimum Gasteiger partial charge on any atom is -0.353 e. The second-order valence-electron chi connectivity index (χ2n) is 6.19. The average molecular weight is 296 g/mol. The van der Waals surface area contributed by atoms with Crippen LogP contribution in [0.5, 0.6) is 0 Å². The van der Waals surface area contributed by atoms with Crippen molar-refractivity contribution in [2.75, 3.05) is 18.4 Å². The molecule has 2 aromatic rings. The van der Waals surface area contributed by atoms with Gasteiger partial charge in [-0.2, -0.15) is 0 Å². The van der Waals surface area contributed by atoms with Crippen molar-refractivity contribution in [3.8, 4) is 0 Å². The van der Waals surface area contributed by atoms with Crippen molar-refractivity contribution in [1.29, 1.82) is 0 Å². The van der Waals surface area contributed by atoms with E-state index >= 15 is 0 Å². The quantitative estimate of drug-likeness (QED) is 0.942. The molecule has 0 saturated heterocycles. The number of nitrogens with zero attached hydrogens (tertiary/aromatic N) is 3. The molecule has 2 heterocycles. The van der Waals surface area contributed by atoms with Gasteiger partial charge in [-0.1, -0.05) is 24.3 Å². The minimum absolute atomic E-state index is 0.456. The molecular weight excluding hydrogens is 272 g/mol. The van der Waals surface area contributed by atoms with Crippen LogP contribution in [0.15, 0.2) is 30.3 Å². The molecule has 22 heavy (non-hydrogen) atoms. The maximum Gasteiger partial charge on any atom is 0.223 e. The first-order valence-corrected chi connectivity index (χ1v) is 7.99. The predicted molar refractivity (Wildman–Crippen MR) is 90.0 cm³/mol. The van der Waals surface area contributed by atoms with Gasteiger partial charge in [0.15, 0.2) is 0 Å². The number of anilines is 1. The van der Waals surface area contributed by atoms with Gasteiger partial charge in [-0.05, 0) is 44.4 Å². The van der Waals surface area contributed by atoms with Crippen LogP contribution in [0.2, 0.25) is 0 Å². The highest BCUT2D eigenvalue weighted by atomic mass is 15.2. The van der Waals surface area contributed by atoms with Crippen LogP contribution in [-0.2, 0) is 13.0 Å². The Labute approximate surface area is 132 Å². The maximum atomic E-state index is 4.45. The molecule has 0 saturated carbocycles. The molecule has 1 aliphatic heterocycles. The van der Waals surface area contributed by atoms with Gasteiger partial charge in [-0.3, -0.25) is 4.90 Å². The van der Waals surface area contributed by atoms with Crippen LogP contribution in [0.25, 0.3) is 0 Å². The van der Waals surface area contributed by atoms with E-state index in [9.17, 15) is 0 Å². The smallest absolute Gasteiger partial charge is 0.223 e. The van der Waals surface area contributed by atoms with Gasteiger partial charge in [0.25, 0.3) is 0 Å². The molecule has 4 nitrogen and oxygen atoms in total. The number of rotatable bonds is 4. The van der Waals surface area contributed by atoms with Gasteiger partial charge in [-0.15, -0.1) is 0 Å². The molecule has 1 atom stereocenters. The van der Waals surface area contributed by atoms with E-state index in [0.717, 1.165) is 43.4 Å². The summed E-state index contributed by atoms with van der Waals surface area (Å²) >= 11 is 0. The van der Waals surface area contributed by atoms with Crippen molar-refractivity contribution in [2.45, 2.75) is 39.8 Å². The number of aryl methyl sites for hydroxylation is 2. The van der Waals surface area contributed by atoms with E-state index in [4.69, 9.17) is 0 Å². The molecule has 0 aliphatic carbocycles. The zero-order valence-electron chi connectivity index (χ0n) is 13.6. The van der Waals surface area contributed by atoms with Gasteiger partial charge in [0, 0.05) is 37.1 Å². The van der Waals surface area contributed by atoms with Gasteiger partial charge in [0.1, 0.15) is 0 Å². The number of aromatic nitrogens is 2. The topological polar surface area (TPSA) is 41.1 Å². The van der Waals surface area contributed by atoms with E-state index < -0.39 is 0 Å². The normalized spacial score (nSPS) is 16.1. The average Bonchev–Trinajstić information content (AvgIpc) is 2.51. The third-order valence-corrected chi connectivity index (χ3v) is 4.32. The Kier molecular flexibility index (Phi) is 4.39. The first-order valence-electron chi connectivity index (χ1n) is 7.99. The van der Waals surface area contributed by atoms with Crippen LogP contribution < -0.4 is 5.32 Å². The zero-order valence-corrected chi connectivity index (χ0v) is 13.6. The maximum absolute atomic E-state index is 4.45. The Bertz CT molecular complexity index is 633. The molecule has 0 radical (unpaired) electrons. The van der Waals surface area contributed by atoms with E-state index in [0.29, 0.717) is 6.04 Å². The van der Waals surface area contributed by atoms with Crippen molar-refractivity contribution >= 4 is 5.95 Å². The van der Waals surface area contributed by atoms with E-state index in [-0.39, 0.29) is 0 Å². The van der Waals surface area contributed by atoms with Crippen molar-refractivity contribution in [3.63, 3.8) is 0 Å². The molecule has 1 unspecified atom stereocenters. The number of fused-ring (bicyclic) bond motifs is 1. The molecule has 116 valence electrons. The lowest BCUT2D eigenvalue weighted by molar-refractivity contribution is 0.198. The molecule has 4 heteroatoms. The fourth-order valence-electron chi connectivity index (χ4n) is 3.07. The first kappa shape index (κ1) is 15.0. The SMILES string of the molecule is Cc1cc(C)nc(NCC(C)N2CCc3ccccc3C2)n1. The van der Waals surface area contributed by atoms with Crippen LogP contribution in [-0.4, -0.2) is 34.0 Å². The summed E-state index contributed by atoms with van der Waals surface area (Å²) in [5.74, 6) is 0.738. The fraction of sp³-hybridized carbons (Fsp3) is 0.444. The lowest BCUT2D eigenvalue weighted by Crippen LogP contribution is -2.41. The summed E-state index contributed by atoms with van der Waals surface area (Å²) in [4.78, 5) is 11.4. The molecule has 0 spiro atoms. The second kappa shape index (κ2) is 6.44. The van der Waals surface area contributed by atoms with Gasteiger partial charge in [0.2, 0.25) is 5.95 Å². The van der Waals surface area contributed by atoms with Crippen molar-refractivity contribution < 1.29 is 0 Å². The highest BCUT2D eigenvalue weighted by Crippen LogP contribution is 2.20. The molecule has 1 N–H and O–H groups in total. The largest absolute Gasteiger partial charge is 0.353 e. The molecule has 0 bridgehead atoms. The Morgan fingerprint density at radius 1 is 1.14 bits per heavy atom. The summed E-state index contributed by atoms with van der Waals surface area (Å²) in [6.07, 6.45) is 1.14. The lowest BCUT2D eigenvalue weighted by atomic mass is 9.99. The van der Waals surface area contributed by atoms with Crippen LogP contribution >= 0.6 is 0 Å². The molecule has 3 rings (SSSR count). The van der Waals surface area contributed by atoms with Crippen LogP contribution in [0.1, 0.15) is 29.4 Å². The Morgan fingerprint density at radius 2 is 1.82 bits per heavy atom. The van der Waals surface area contributed by atoms with Crippen molar-refractivity contribution in [1.82, 2.24) is 14.9 Å². The second-order valence-corrected chi connectivity index (χ2v) is 6.19. The molecular formula is C18H24N4. The Morgan fingerprint density at radius 3 is 2.55 bits per heavy atom. The van der Waals surface area contributed by atoms with Gasteiger partial charge >= 0.3 is 0 Å². The van der Waals surface area contributed by atoms with Crippen LogP contribution in [0.3, 0.4) is 0 Å².